The second-order valence-electron chi connectivity index (χ2n) is 4.15. The number of hydrogen-bond acceptors (Lipinski definition) is 3. The zero-order valence-electron chi connectivity index (χ0n) is 9.03. The molecule has 84 valence electrons. The van der Waals surface area contributed by atoms with Gasteiger partial charge in [-0.05, 0) is 36.2 Å². The molecule has 0 radical (unpaired) electrons. The van der Waals surface area contributed by atoms with E-state index in [-0.39, 0.29) is 6.09 Å². The van der Waals surface area contributed by atoms with Gasteiger partial charge in [-0.3, -0.25) is 4.90 Å². The third-order valence-corrected chi connectivity index (χ3v) is 3.15. The van der Waals surface area contributed by atoms with Gasteiger partial charge in [0.25, 0.3) is 0 Å². The highest BCUT2D eigenvalue weighted by molar-refractivity contribution is 5.89. The minimum atomic E-state index is -0.233. The average molecular weight is 218 g/mol. The van der Waals surface area contributed by atoms with E-state index in [0.717, 1.165) is 25.2 Å². The van der Waals surface area contributed by atoms with E-state index in [4.69, 9.17) is 4.74 Å². The third-order valence-electron chi connectivity index (χ3n) is 3.15. The van der Waals surface area contributed by atoms with Crippen molar-refractivity contribution in [2.45, 2.75) is 13.0 Å². The van der Waals surface area contributed by atoms with Crippen molar-refractivity contribution in [2.24, 2.45) is 0 Å². The van der Waals surface area contributed by atoms with Gasteiger partial charge in [0.1, 0.15) is 6.61 Å². The Kier molecular flexibility index (Phi) is 2.29. The number of hydrogen-bond donors (Lipinski definition) is 1. The minimum Gasteiger partial charge on any atom is -0.447 e. The summed E-state index contributed by atoms with van der Waals surface area (Å²) >= 11 is 0. The Bertz CT molecular complexity index is 431. The highest BCUT2D eigenvalue weighted by Crippen LogP contribution is 2.24. The Morgan fingerprint density at radius 1 is 1.31 bits per heavy atom. The Morgan fingerprint density at radius 3 is 3.06 bits per heavy atom. The number of amides is 1. The molecule has 0 spiro atoms. The van der Waals surface area contributed by atoms with Crippen LogP contribution in [0.25, 0.3) is 0 Å². The summed E-state index contributed by atoms with van der Waals surface area (Å²) in [5.41, 5.74) is 3.63. The molecule has 2 heterocycles. The summed E-state index contributed by atoms with van der Waals surface area (Å²) in [6.07, 6.45) is 0.837. The molecule has 0 aromatic heterocycles. The molecule has 1 aromatic carbocycles. The van der Waals surface area contributed by atoms with E-state index in [0.29, 0.717) is 13.2 Å². The number of carbonyl (C=O) groups excluding carboxylic acids is 1. The van der Waals surface area contributed by atoms with Gasteiger partial charge in [-0.25, -0.2) is 4.79 Å². The second-order valence-corrected chi connectivity index (χ2v) is 4.15. The second kappa shape index (κ2) is 3.79. The molecule has 1 saturated heterocycles. The predicted molar refractivity (Wildman–Crippen MR) is 60.5 cm³/mol. The van der Waals surface area contributed by atoms with Crippen LogP contribution in [-0.2, 0) is 17.7 Å². The number of rotatable bonds is 1. The van der Waals surface area contributed by atoms with Gasteiger partial charge in [-0.2, -0.15) is 0 Å². The Labute approximate surface area is 94.2 Å². The maximum Gasteiger partial charge on any atom is 0.414 e. The zero-order valence-corrected chi connectivity index (χ0v) is 9.03. The van der Waals surface area contributed by atoms with E-state index in [2.05, 4.69) is 17.4 Å². The summed E-state index contributed by atoms with van der Waals surface area (Å²) in [5, 5.41) is 3.34. The Hall–Kier alpha value is -1.55. The molecule has 1 fully saturated rings. The average Bonchev–Trinajstić information content (AvgIpc) is 2.75. The summed E-state index contributed by atoms with van der Waals surface area (Å²) in [6, 6.07) is 6.22. The largest absolute Gasteiger partial charge is 0.447 e. The number of anilines is 1. The van der Waals surface area contributed by atoms with Crippen LogP contribution in [0.5, 0.6) is 0 Å². The Balaban J connectivity index is 1.93. The summed E-state index contributed by atoms with van der Waals surface area (Å²) in [6.45, 7) is 3.09. The summed E-state index contributed by atoms with van der Waals surface area (Å²) in [5.74, 6) is 0. The normalized spacial score (nSPS) is 19.5. The molecule has 0 aliphatic carbocycles. The topological polar surface area (TPSA) is 41.6 Å². The van der Waals surface area contributed by atoms with Crippen LogP contribution >= 0.6 is 0 Å². The predicted octanol–water partition coefficient (Wildman–Crippen LogP) is 1.29. The Morgan fingerprint density at radius 2 is 2.25 bits per heavy atom. The van der Waals surface area contributed by atoms with Gasteiger partial charge in [0, 0.05) is 12.2 Å². The van der Waals surface area contributed by atoms with Crippen molar-refractivity contribution in [3.63, 3.8) is 0 Å². The molecule has 1 aromatic rings. The first-order chi connectivity index (χ1) is 7.84. The van der Waals surface area contributed by atoms with Crippen molar-refractivity contribution < 1.29 is 9.53 Å². The maximum absolute atomic E-state index is 11.4. The van der Waals surface area contributed by atoms with Crippen LogP contribution in [0.3, 0.4) is 0 Å². The van der Waals surface area contributed by atoms with E-state index in [9.17, 15) is 4.79 Å². The molecule has 0 saturated carbocycles. The highest BCUT2D eigenvalue weighted by Gasteiger charge is 2.24. The quantitative estimate of drug-likeness (QED) is 0.772. The molecule has 0 bridgehead atoms. The first-order valence-corrected chi connectivity index (χ1v) is 5.61. The third kappa shape index (κ3) is 1.55. The zero-order chi connectivity index (χ0) is 11.0. The van der Waals surface area contributed by atoms with E-state index >= 15 is 0 Å². The number of carbonyl (C=O) groups is 1. The molecular formula is C12H14N2O2. The number of nitrogens with zero attached hydrogens (tertiary/aromatic N) is 1. The molecule has 3 rings (SSSR count). The molecule has 1 amide bonds. The van der Waals surface area contributed by atoms with Crippen molar-refractivity contribution in [1.82, 2.24) is 5.32 Å². The fraction of sp³-hybridized carbons (Fsp3) is 0.417. The van der Waals surface area contributed by atoms with Crippen molar-refractivity contribution >= 4 is 11.8 Å². The van der Waals surface area contributed by atoms with Crippen LogP contribution in [0, 0.1) is 0 Å². The lowest BCUT2D eigenvalue weighted by atomic mass is 10.0. The number of nitrogens with one attached hydrogen (secondary N) is 1. The number of cyclic esters (lactones) is 1. The summed E-state index contributed by atoms with van der Waals surface area (Å²) in [4.78, 5) is 13.1. The van der Waals surface area contributed by atoms with Crippen molar-refractivity contribution in [2.75, 3.05) is 24.6 Å². The van der Waals surface area contributed by atoms with Crippen LogP contribution in [0.1, 0.15) is 11.1 Å². The molecule has 0 atom stereocenters. The first-order valence-electron chi connectivity index (χ1n) is 5.61. The van der Waals surface area contributed by atoms with Gasteiger partial charge in [-0.1, -0.05) is 6.07 Å². The molecule has 4 nitrogen and oxygen atoms in total. The fourth-order valence-corrected chi connectivity index (χ4v) is 2.26. The van der Waals surface area contributed by atoms with Gasteiger partial charge in [0.05, 0.1) is 6.54 Å². The highest BCUT2D eigenvalue weighted by atomic mass is 16.6. The molecule has 0 unspecified atom stereocenters. The SMILES string of the molecule is O=C1OCCN1c1ccc2c(c1)CNCC2. The lowest BCUT2D eigenvalue weighted by molar-refractivity contribution is 0.181. The van der Waals surface area contributed by atoms with Gasteiger partial charge in [0.15, 0.2) is 0 Å². The van der Waals surface area contributed by atoms with E-state index in [1.165, 1.54) is 11.1 Å². The monoisotopic (exact) mass is 218 g/mol. The molecule has 1 N–H and O–H groups in total. The van der Waals surface area contributed by atoms with Crippen LogP contribution in [0.4, 0.5) is 10.5 Å². The first kappa shape index (κ1) is 9.66. The van der Waals surface area contributed by atoms with Gasteiger partial charge < -0.3 is 10.1 Å². The standard InChI is InChI=1S/C12H14N2O2/c15-12-14(5-6-16-12)11-2-1-9-3-4-13-8-10(9)7-11/h1-2,7,13H,3-6,8H2. The van der Waals surface area contributed by atoms with Crippen molar-refractivity contribution in [3.8, 4) is 0 Å². The minimum absolute atomic E-state index is 0.233. The van der Waals surface area contributed by atoms with E-state index in [1.807, 2.05) is 6.07 Å². The van der Waals surface area contributed by atoms with Crippen molar-refractivity contribution in [1.29, 1.82) is 0 Å². The number of fused-ring (bicyclic) bond motifs is 1. The van der Waals surface area contributed by atoms with Crippen LogP contribution < -0.4 is 10.2 Å². The molecule has 2 aliphatic rings. The lowest BCUT2D eigenvalue weighted by Crippen LogP contribution is -2.26. The van der Waals surface area contributed by atoms with Crippen LogP contribution in [-0.4, -0.2) is 25.8 Å². The summed E-state index contributed by atoms with van der Waals surface area (Å²) in [7, 11) is 0. The molecule has 16 heavy (non-hydrogen) atoms. The van der Waals surface area contributed by atoms with Gasteiger partial charge in [0.2, 0.25) is 0 Å². The van der Waals surface area contributed by atoms with E-state index in [1.54, 1.807) is 4.90 Å². The van der Waals surface area contributed by atoms with Crippen LogP contribution in [0.2, 0.25) is 0 Å². The fourth-order valence-electron chi connectivity index (χ4n) is 2.26. The van der Waals surface area contributed by atoms with Crippen LogP contribution in [0.15, 0.2) is 18.2 Å². The molecule has 4 heteroatoms. The molecular weight excluding hydrogens is 204 g/mol. The van der Waals surface area contributed by atoms with Gasteiger partial charge in [-0.15, -0.1) is 0 Å². The van der Waals surface area contributed by atoms with Crippen molar-refractivity contribution in [3.05, 3.63) is 29.3 Å². The van der Waals surface area contributed by atoms with E-state index < -0.39 is 0 Å². The maximum atomic E-state index is 11.4. The lowest BCUT2D eigenvalue weighted by Gasteiger charge is -2.20. The van der Waals surface area contributed by atoms with Gasteiger partial charge >= 0.3 is 6.09 Å². The number of ether oxygens (including phenoxy) is 1. The molecule has 2 aliphatic heterocycles. The summed E-state index contributed by atoms with van der Waals surface area (Å²) < 4.78 is 4.94. The number of benzene rings is 1. The smallest absolute Gasteiger partial charge is 0.414 e.